The molecule has 0 spiro atoms. The molecule has 1 aromatic heterocycles. The molecule has 4 rings (SSSR count). The van der Waals surface area contributed by atoms with Crippen LogP contribution in [0.2, 0.25) is 0 Å². The fraction of sp³-hybridized carbons (Fsp3) is 0.217. The van der Waals surface area contributed by atoms with Gasteiger partial charge in [-0.15, -0.1) is 6.42 Å². The summed E-state index contributed by atoms with van der Waals surface area (Å²) >= 11 is 0. The molecule has 6 nitrogen and oxygen atoms in total. The molecule has 0 atom stereocenters. The molecule has 2 aromatic carbocycles. The zero-order valence-corrected chi connectivity index (χ0v) is 17.3. The van der Waals surface area contributed by atoms with Crippen molar-refractivity contribution in [1.29, 1.82) is 0 Å². The number of halogens is 4. The Kier molecular flexibility index (Phi) is 5.72. The molecule has 0 N–H and O–H groups in total. The Morgan fingerprint density at radius 1 is 1.15 bits per heavy atom. The van der Waals surface area contributed by atoms with Crippen LogP contribution >= 0.6 is 0 Å². The fourth-order valence-corrected chi connectivity index (χ4v) is 3.39. The molecule has 0 saturated carbocycles. The van der Waals surface area contributed by atoms with Gasteiger partial charge in [0.15, 0.2) is 11.6 Å². The van der Waals surface area contributed by atoms with Crippen molar-refractivity contribution < 1.29 is 27.0 Å². The monoisotopic (exact) mass is 459 g/mol. The van der Waals surface area contributed by atoms with Crippen LogP contribution in [0.4, 0.5) is 23.4 Å². The van der Waals surface area contributed by atoms with Crippen molar-refractivity contribution in [3.05, 3.63) is 75.5 Å². The summed E-state index contributed by atoms with van der Waals surface area (Å²) in [6, 6.07) is 8.56. The minimum atomic E-state index is -4.68. The number of likely N-dealkylation sites (N-methyl/N-ethyl adjacent to an activating group) is 1. The lowest BCUT2D eigenvalue weighted by atomic mass is 10.1. The fourth-order valence-electron chi connectivity index (χ4n) is 3.39. The highest BCUT2D eigenvalue weighted by Crippen LogP contribution is 2.35. The second kappa shape index (κ2) is 8.50. The van der Waals surface area contributed by atoms with Crippen LogP contribution in [0.5, 0.6) is 17.4 Å². The number of alkyl halides is 3. The predicted octanol–water partition coefficient (Wildman–Crippen LogP) is 4.20. The lowest BCUT2D eigenvalue weighted by molar-refractivity contribution is -0.137. The zero-order valence-electron chi connectivity index (χ0n) is 17.3. The van der Waals surface area contributed by atoms with Gasteiger partial charge in [-0.3, -0.25) is 4.57 Å². The van der Waals surface area contributed by atoms with Crippen LogP contribution in [0.25, 0.3) is 0 Å². The number of ether oxygens (including phenoxy) is 2. The second-order valence-corrected chi connectivity index (χ2v) is 7.31. The largest absolute Gasteiger partial charge is 0.473 e. The third-order valence-electron chi connectivity index (χ3n) is 5.08. The summed E-state index contributed by atoms with van der Waals surface area (Å²) in [6.07, 6.45) is 0.438. The van der Waals surface area contributed by atoms with Gasteiger partial charge < -0.3 is 14.4 Å². The number of rotatable bonds is 5. The summed E-state index contributed by atoms with van der Waals surface area (Å²) in [4.78, 5) is 17.8. The van der Waals surface area contributed by atoms with E-state index < -0.39 is 23.2 Å². The van der Waals surface area contributed by atoms with E-state index in [0.29, 0.717) is 24.5 Å². The van der Waals surface area contributed by atoms with Crippen LogP contribution < -0.4 is 20.1 Å². The summed E-state index contributed by atoms with van der Waals surface area (Å²) < 4.78 is 66.4. The lowest BCUT2D eigenvalue weighted by Crippen LogP contribution is -2.22. The number of aromatic nitrogens is 2. The number of nitrogens with zero attached hydrogens (tertiary/aromatic N) is 3. The van der Waals surface area contributed by atoms with Crippen molar-refractivity contribution in [2.75, 3.05) is 18.5 Å². The number of fused-ring (bicyclic) bond motifs is 1. The number of terminal acetylenes is 1. The van der Waals surface area contributed by atoms with Crippen molar-refractivity contribution in [3.8, 4) is 29.7 Å². The van der Waals surface area contributed by atoms with Crippen molar-refractivity contribution >= 4 is 5.82 Å². The van der Waals surface area contributed by atoms with E-state index in [-0.39, 0.29) is 29.5 Å². The van der Waals surface area contributed by atoms with Gasteiger partial charge in [0.25, 0.3) is 0 Å². The molecule has 0 radical (unpaired) electrons. The molecule has 170 valence electrons. The van der Waals surface area contributed by atoms with Gasteiger partial charge in [-0.1, -0.05) is 12.0 Å². The molecule has 10 heteroatoms. The van der Waals surface area contributed by atoms with Gasteiger partial charge in [-0.2, -0.15) is 18.2 Å². The van der Waals surface area contributed by atoms with Crippen LogP contribution in [0.3, 0.4) is 0 Å². The lowest BCUT2D eigenvalue weighted by Gasteiger charge is -2.14. The maximum Gasteiger partial charge on any atom is 0.417 e. The Bertz CT molecular complexity index is 1310. The van der Waals surface area contributed by atoms with Gasteiger partial charge in [0.05, 0.1) is 5.56 Å². The van der Waals surface area contributed by atoms with Crippen LogP contribution in [0, 0.1) is 18.2 Å². The van der Waals surface area contributed by atoms with E-state index in [1.54, 1.807) is 6.07 Å². The van der Waals surface area contributed by atoms with E-state index in [4.69, 9.17) is 15.9 Å². The molecule has 0 bridgehead atoms. The van der Waals surface area contributed by atoms with Crippen LogP contribution in [0.1, 0.15) is 16.7 Å². The zero-order chi connectivity index (χ0) is 23.8. The van der Waals surface area contributed by atoms with E-state index in [1.165, 1.54) is 22.8 Å². The average Bonchev–Trinajstić information content (AvgIpc) is 3.14. The number of anilines is 1. The summed E-state index contributed by atoms with van der Waals surface area (Å²) in [5.41, 5.74) is -1.41. The minimum Gasteiger partial charge on any atom is -0.473 e. The van der Waals surface area contributed by atoms with E-state index in [0.717, 1.165) is 18.2 Å². The molecule has 3 aromatic rings. The summed E-state index contributed by atoms with van der Waals surface area (Å²) in [6.45, 7) is 1.15. The Hall–Kier alpha value is -4.00. The van der Waals surface area contributed by atoms with Crippen molar-refractivity contribution in [3.63, 3.8) is 0 Å². The topological polar surface area (TPSA) is 56.6 Å². The standard InChI is InChI=1S/C23H17F4N3O3/c1-3-15-5-6-16(11-17(15)23(25,26)27)33-19-7-4-14(10-18(19)24)13-32-20-12-21-29(2)8-9-30(21)22(31)28-20/h1,4-7,10-12H,8-9,13H2,2H3. The molecule has 1 aliphatic rings. The highest BCUT2D eigenvalue weighted by atomic mass is 19.4. The molecule has 2 heterocycles. The molecule has 33 heavy (non-hydrogen) atoms. The van der Waals surface area contributed by atoms with Crippen LogP contribution in [0.15, 0.2) is 47.3 Å². The molecule has 0 unspecified atom stereocenters. The van der Waals surface area contributed by atoms with E-state index in [1.807, 2.05) is 17.9 Å². The van der Waals surface area contributed by atoms with Gasteiger partial charge in [0.2, 0.25) is 5.88 Å². The van der Waals surface area contributed by atoms with Crippen LogP contribution in [-0.2, 0) is 19.3 Å². The smallest absolute Gasteiger partial charge is 0.417 e. The van der Waals surface area contributed by atoms with Crippen molar-refractivity contribution in [1.82, 2.24) is 9.55 Å². The van der Waals surface area contributed by atoms with E-state index in [9.17, 15) is 22.4 Å². The van der Waals surface area contributed by atoms with E-state index in [2.05, 4.69) is 4.98 Å². The molecule has 1 aliphatic heterocycles. The van der Waals surface area contributed by atoms with Gasteiger partial charge in [0, 0.05) is 31.8 Å². The highest BCUT2D eigenvalue weighted by molar-refractivity contribution is 5.47. The SMILES string of the molecule is C#Cc1ccc(Oc2ccc(COc3cc4n(c(=O)n3)CCN4C)cc2F)cc1C(F)(F)F. The normalized spacial score (nSPS) is 12.9. The first-order valence-electron chi connectivity index (χ1n) is 9.75. The molecular formula is C23H17F4N3O3. The highest BCUT2D eigenvalue weighted by Gasteiger charge is 2.33. The Morgan fingerprint density at radius 2 is 1.94 bits per heavy atom. The molecule has 0 aliphatic carbocycles. The number of hydrogen-bond acceptors (Lipinski definition) is 5. The maximum absolute atomic E-state index is 14.5. The van der Waals surface area contributed by atoms with Gasteiger partial charge in [-0.05, 0) is 35.9 Å². The summed E-state index contributed by atoms with van der Waals surface area (Å²) in [5, 5.41) is 0. The Labute approximate surface area is 186 Å². The number of benzene rings is 2. The van der Waals surface area contributed by atoms with Crippen molar-refractivity contribution in [2.45, 2.75) is 19.3 Å². The molecular weight excluding hydrogens is 442 g/mol. The average molecular weight is 459 g/mol. The van der Waals surface area contributed by atoms with Crippen molar-refractivity contribution in [2.24, 2.45) is 0 Å². The Balaban J connectivity index is 1.48. The quantitative estimate of drug-likeness (QED) is 0.423. The van der Waals surface area contributed by atoms with Gasteiger partial charge >= 0.3 is 11.9 Å². The third-order valence-corrected chi connectivity index (χ3v) is 5.08. The van der Waals surface area contributed by atoms with E-state index >= 15 is 0 Å². The first-order chi connectivity index (χ1) is 15.7. The first-order valence-corrected chi connectivity index (χ1v) is 9.75. The Morgan fingerprint density at radius 3 is 2.64 bits per heavy atom. The summed E-state index contributed by atoms with van der Waals surface area (Å²) in [7, 11) is 1.84. The van der Waals surface area contributed by atoms with Crippen LogP contribution in [-0.4, -0.2) is 23.1 Å². The third kappa shape index (κ3) is 4.62. The number of hydrogen-bond donors (Lipinski definition) is 0. The molecule has 0 fully saturated rings. The minimum absolute atomic E-state index is 0.0775. The van der Waals surface area contributed by atoms with Gasteiger partial charge in [-0.25, -0.2) is 9.18 Å². The summed E-state index contributed by atoms with van der Waals surface area (Å²) in [5.74, 6) is 1.47. The second-order valence-electron chi connectivity index (χ2n) is 7.31. The maximum atomic E-state index is 14.5. The first kappa shape index (κ1) is 22.2. The molecule has 0 amide bonds. The predicted molar refractivity (Wildman–Crippen MR) is 112 cm³/mol. The molecule has 0 saturated heterocycles. The van der Waals surface area contributed by atoms with Gasteiger partial charge in [0.1, 0.15) is 18.2 Å².